The first kappa shape index (κ1) is 14.8. The number of halogens is 2. The SMILES string of the molecule is CP(=O)(O)C(F)(F)c1ccc(CCC(=O)O)cc1. The highest BCUT2D eigenvalue weighted by atomic mass is 31.2. The van der Waals surface area contributed by atoms with Gasteiger partial charge in [-0.15, -0.1) is 0 Å². The molecule has 1 unspecified atom stereocenters. The van der Waals surface area contributed by atoms with Gasteiger partial charge in [-0.3, -0.25) is 9.36 Å². The van der Waals surface area contributed by atoms with Gasteiger partial charge in [0.25, 0.3) is 7.37 Å². The molecule has 1 atom stereocenters. The van der Waals surface area contributed by atoms with Gasteiger partial charge in [0.05, 0.1) is 0 Å². The van der Waals surface area contributed by atoms with Crippen molar-refractivity contribution in [2.75, 3.05) is 6.66 Å². The van der Waals surface area contributed by atoms with E-state index in [1.807, 2.05) is 0 Å². The van der Waals surface area contributed by atoms with Crippen molar-refractivity contribution in [3.05, 3.63) is 35.4 Å². The fourth-order valence-corrected chi connectivity index (χ4v) is 1.99. The van der Waals surface area contributed by atoms with E-state index in [1.54, 1.807) is 0 Å². The summed E-state index contributed by atoms with van der Waals surface area (Å²) in [6, 6.07) is 4.76. The summed E-state index contributed by atoms with van der Waals surface area (Å²) in [5.41, 5.74) is -3.76. The molecule has 0 aromatic heterocycles. The van der Waals surface area contributed by atoms with E-state index in [4.69, 9.17) is 10.00 Å². The molecule has 100 valence electrons. The first-order chi connectivity index (χ1) is 8.14. The highest BCUT2D eigenvalue weighted by Gasteiger charge is 2.46. The van der Waals surface area contributed by atoms with E-state index in [-0.39, 0.29) is 12.8 Å². The number of aryl methyl sites for hydroxylation is 1. The second kappa shape index (κ2) is 5.16. The molecular formula is C11H13F2O4P. The van der Waals surface area contributed by atoms with Gasteiger partial charge in [-0.05, 0) is 12.0 Å². The number of hydrogen-bond acceptors (Lipinski definition) is 2. The van der Waals surface area contributed by atoms with Gasteiger partial charge in [0, 0.05) is 18.6 Å². The molecule has 0 aliphatic heterocycles. The smallest absolute Gasteiger partial charge is 0.346 e. The molecule has 0 spiro atoms. The Hall–Kier alpha value is -1.26. The van der Waals surface area contributed by atoms with Crippen LogP contribution in [0.25, 0.3) is 0 Å². The second-order valence-corrected chi connectivity index (χ2v) is 6.33. The van der Waals surface area contributed by atoms with Gasteiger partial charge < -0.3 is 10.00 Å². The molecule has 0 aliphatic rings. The number of benzene rings is 1. The van der Waals surface area contributed by atoms with Crippen LogP contribution < -0.4 is 0 Å². The van der Waals surface area contributed by atoms with Gasteiger partial charge in [-0.1, -0.05) is 24.3 Å². The summed E-state index contributed by atoms with van der Waals surface area (Å²) in [4.78, 5) is 19.3. The van der Waals surface area contributed by atoms with Gasteiger partial charge in [0.1, 0.15) is 0 Å². The molecule has 0 heterocycles. The third-order valence-electron chi connectivity index (χ3n) is 2.45. The van der Waals surface area contributed by atoms with Gasteiger partial charge in [0.2, 0.25) is 0 Å². The molecule has 0 aliphatic carbocycles. The van der Waals surface area contributed by atoms with E-state index >= 15 is 0 Å². The Balaban J connectivity index is 2.89. The average Bonchev–Trinajstić information content (AvgIpc) is 2.25. The first-order valence-electron chi connectivity index (χ1n) is 5.14. The van der Waals surface area contributed by atoms with Gasteiger partial charge in [-0.25, -0.2) is 0 Å². The Morgan fingerprint density at radius 2 is 1.83 bits per heavy atom. The minimum Gasteiger partial charge on any atom is -0.481 e. The summed E-state index contributed by atoms with van der Waals surface area (Å²) in [5, 5.41) is 8.48. The predicted molar refractivity (Wildman–Crippen MR) is 62.0 cm³/mol. The average molecular weight is 278 g/mol. The van der Waals surface area contributed by atoms with Crippen molar-refractivity contribution in [2.24, 2.45) is 0 Å². The third-order valence-corrected chi connectivity index (χ3v) is 3.75. The largest absolute Gasteiger partial charge is 0.481 e. The highest BCUT2D eigenvalue weighted by Crippen LogP contribution is 2.59. The van der Waals surface area contributed by atoms with Crippen molar-refractivity contribution in [3.63, 3.8) is 0 Å². The summed E-state index contributed by atoms with van der Waals surface area (Å²) < 4.78 is 38.1. The lowest BCUT2D eigenvalue weighted by atomic mass is 10.1. The molecule has 4 nitrogen and oxygen atoms in total. The van der Waals surface area contributed by atoms with Crippen LogP contribution in [-0.4, -0.2) is 22.6 Å². The topological polar surface area (TPSA) is 74.6 Å². The minimum atomic E-state index is -4.56. The number of carboxylic acid groups (broad SMARTS) is 1. The van der Waals surface area contributed by atoms with Gasteiger partial charge in [-0.2, -0.15) is 8.78 Å². The summed E-state index contributed by atoms with van der Waals surface area (Å²) in [6.07, 6.45) is 0.131. The maximum atomic E-state index is 13.5. The van der Waals surface area contributed by atoms with Crippen LogP contribution in [0.3, 0.4) is 0 Å². The van der Waals surface area contributed by atoms with E-state index in [0.717, 1.165) is 12.1 Å². The van der Waals surface area contributed by atoms with Crippen LogP contribution in [0.5, 0.6) is 0 Å². The molecule has 0 fully saturated rings. The molecule has 0 saturated heterocycles. The molecular weight excluding hydrogens is 265 g/mol. The Labute approximate surface area is 103 Å². The number of carboxylic acids is 1. The fourth-order valence-electron chi connectivity index (χ4n) is 1.36. The standard InChI is InChI=1S/C11H13F2O4P/c1-18(16,17)11(12,13)9-5-2-8(3-6-9)4-7-10(14)15/h2-3,5-6H,4,7H2,1H3,(H,14,15)(H,16,17). The summed E-state index contributed by atoms with van der Waals surface area (Å²) in [5.74, 6) is -0.974. The third kappa shape index (κ3) is 3.37. The predicted octanol–water partition coefficient (Wildman–Crippen LogP) is 2.65. The molecule has 18 heavy (non-hydrogen) atoms. The summed E-state index contributed by atoms with van der Waals surface area (Å²) in [6.45, 7) is 0.603. The number of hydrogen-bond donors (Lipinski definition) is 2. The van der Waals surface area contributed by atoms with Crippen molar-refractivity contribution < 1.29 is 28.1 Å². The molecule has 0 bridgehead atoms. The van der Waals surface area contributed by atoms with E-state index in [9.17, 15) is 18.1 Å². The Morgan fingerprint density at radius 3 is 2.22 bits per heavy atom. The van der Waals surface area contributed by atoms with E-state index < -0.39 is 24.6 Å². The maximum absolute atomic E-state index is 13.5. The van der Waals surface area contributed by atoms with Crippen LogP contribution in [0.4, 0.5) is 8.78 Å². The van der Waals surface area contributed by atoms with E-state index in [1.165, 1.54) is 12.1 Å². The van der Waals surface area contributed by atoms with Crippen LogP contribution in [0.1, 0.15) is 17.5 Å². The van der Waals surface area contributed by atoms with Crippen LogP contribution in [0.2, 0.25) is 0 Å². The quantitative estimate of drug-likeness (QED) is 0.812. The summed E-state index contributed by atoms with van der Waals surface area (Å²) in [7, 11) is -4.56. The second-order valence-electron chi connectivity index (χ2n) is 4.01. The molecule has 0 amide bonds. The van der Waals surface area contributed by atoms with Crippen LogP contribution in [-0.2, 0) is 21.4 Å². The molecule has 7 heteroatoms. The fraction of sp³-hybridized carbons (Fsp3) is 0.364. The first-order valence-corrected chi connectivity index (χ1v) is 7.24. The molecule has 1 rings (SSSR count). The van der Waals surface area contributed by atoms with Crippen molar-refractivity contribution in [2.45, 2.75) is 18.5 Å². The van der Waals surface area contributed by atoms with E-state index in [0.29, 0.717) is 12.2 Å². The monoisotopic (exact) mass is 278 g/mol. The zero-order valence-corrected chi connectivity index (χ0v) is 10.5. The maximum Gasteiger partial charge on any atom is 0.346 e. The van der Waals surface area contributed by atoms with E-state index in [2.05, 4.69) is 0 Å². The van der Waals surface area contributed by atoms with Gasteiger partial charge in [0.15, 0.2) is 0 Å². The molecule has 0 saturated carbocycles. The Bertz CT molecular complexity index is 478. The normalized spacial score (nSPS) is 15.1. The highest BCUT2D eigenvalue weighted by molar-refractivity contribution is 7.58. The zero-order chi connectivity index (χ0) is 14.0. The van der Waals surface area contributed by atoms with Crippen molar-refractivity contribution >= 4 is 13.3 Å². The van der Waals surface area contributed by atoms with Crippen LogP contribution in [0, 0.1) is 0 Å². The number of carbonyl (C=O) groups is 1. The molecule has 1 aromatic carbocycles. The lowest BCUT2D eigenvalue weighted by Crippen LogP contribution is -2.13. The van der Waals surface area contributed by atoms with Crippen LogP contribution >= 0.6 is 7.37 Å². The number of aliphatic carboxylic acids is 1. The molecule has 1 aromatic rings. The Morgan fingerprint density at radius 1 is 1.33 bits per heavy atom. The zero-order valence-electron chi connectivity index (χ0n) is 9.64. The number of rotatable bonds is 5. The van der Waals surface area contributed by atoms with Crippen LogP contribution in [0.15, 0.2) is 24.3 Å². The van der Waals surface area contributed by atoms with Crippen molar-refractivity contribution in [1.82, 2.24) is 0 Å². The van der Waals surface area contributed by atoms with Gasteiger partial charge >= 0.3 is 11.6 Å². The summed E-state index contributed by atoms with van der Waals surface area (Å²) >= 11 is 0. The molecule has 2 N–H and O–H groups in total. The van der Waals surface area contributed by atoms with Crippen molar-refractivity contribution in [1.29, 1.82) is 0 Å². The lowest BCUT2D eigenvalue weighted by molar-refractivity contribution is -0.136. The van der Waals surface area contributed by atoms with Crippen molar-refractivity contribution in [3.8, 4) is 0 Å². The number of alkyl halides is 2. The minimum absolute atomic E-state index is 0.0952. The molecule has 0 radical (unpaired) electrons. The lowest BCUT2D eigenvalue weighted by Gasteiger charge is -2.19. The Kier molecular flexibility index (Phi) is 4.24.